The number of pyridine rings is 1. The van der Waals surface area contributed by atoms with E-state index in [9.17, 15) is 4.79 Å². The smallest absolute Gasteiger partial charge is 0.249 e. The highest BCUT2D eigenvalue weighted by molar-refractivity contribution is 5.78. The fraction of sp³-hybridized carbons (Fsp3) is 0.412. The third kappa shape index (κ3) is 3.68. The molecular formula is C17H21N5O2. The minimum absolute atomic E-state index is 0.0238. The number of nitrogens with one attached hydrogen (secondary N) is 1. The first kappa shape index (κ1) is 16.3. The number of aryl methyl sites for hydroxylation is 1. The summed E-state index contributed by atoms with van der Waals surface area (Å²) in [6.45, 7) is 2.72. The molecule has 1 saturated heterocycles. The van der Waals surface area contributed by atoms with Crippen LogP contribution in [0.25, 0.3) is 0 Å². The van der Waals surface area contributed by atoms with Gasteiger partial charge in [-0.1, -0.05) is 6.07 Å². The van der Waals surface area contributed by atoms with Crippen molar-refractivity contribution in [2.75, 3.05) is 25.6 Å². The topological polar surface area (TPSA) is 80.2 Å². The Kier molecular flexibility index (Phi) is 5.00. The van der Waals surface area contributed by atoms with Crippen molar-refractivity contribution in [2.45, 2.75) is 25.8 Å². The molecule has 24 heavy (non-hydrogen) atoms. The number of aromatic nitrogens is 3. The molecule has 7 heteroatoms. The number of ether oxygens (including phenoxy) is 1. The number of methoxy groups -OCH3 is 1. The minimum Gasteiger partial charge on any atom is -0.375 e. The predicted octanol–water partition coefficient (Wildman–Crippen LogP) is 2.23. The average Bonchev–Trinajstić information content (AvgIpc) is 3.05. The van der Waals surface area contributed by atoms with Crippen LogP contribution in [0.1, 0.15) is 30.4 Å². The Morgan fingerprint density at radius 1 is 1.38 bits per heavy atom. The Balaban J connectivity index is 1.84. The Morgan fingerprint density at radius 2 is 2.25 bits per heavy atom. The number of carbonyl (C=O) groups is 1. The molecule has 1 atom stereocenters. The van der Waals surface area contributed by atoms with Gasteiger partial charge in [-0.2, -0.15) is 0 Å². The van der Waals surface area contributed by atoms with Crippen LogP contribution in [0.5, 0.6) is 0 Å². The van der Waals surface area contributed by atoms with Gasteiger partial charge in [0.15, 0.2) is 5.82 Å². The van der Waals surface area contributed by atoms with Crippen molar-refractivity contribution < 1.29 is 9.53 Å². The second-order valence-electron chi connectivity index (χ2n) is 5.77. The minimum atomic E-state index is -0.100. The van der Waals surface area contributed by atoms with Crippen LogP contribution in [0.3, 0.4) is 0 Å². The molecule has 3 rings (SSSR count). The first-order valence-corrected chi connectivity index (χ1v) is 7.99. The van der Waals surface area contributed by atoms with E-state index in [4.69, 9.17) is 4.74 Å². The van der Waals surface area contributed by atoms with Gasteiger partial charge in [-0.05, 0) is 31.9 Å². The molecule has 0 radical (unpaired) electrons. The van der Waals surface area contributed by atoms with Gasteiger partial charge >= 0.3 is 0 Å². The zero-order valence-electron chi connectivity index (χ0n) is 13.9. The number of rotatable bonds is 5. The van der Waals surface area contributed by atoms with Crippen LogP contribution in [0, 0.1) is 6.92 Å². The molecule has 0 bridgehead atoms. The second-order valence-corrected chi connectivity index (χ2v) is 5.77. The maximum absolute atomic E-state index is 12.2. The lowest BCUT2D eigenvalue weighted by Crippen LogP contribution is -2.34. The fourth-order valence-corrected chi connectivity index (χ4v) is 2.91. The van der Waals surface area contributed by atoms with Crippen LogP contribution >= 0.6 is 0 Å². The van der Waals surface area contributed by atoms with Crippen molar-refractivity contribution >= 4 is 17.5 Å². The quantitative estimate of drug-likeness (QED) is 0.907. The molecule has 0 aromatic carbocycles. The molecule has 1 aliphatic rings. The summed E-state index contributed by atoms with van der Waals surface area (Å²) in [5.74, 6) is 2.04. The predicted molar refractivity (Wildman–Crippen MR) is 89.9 cm³/mol. The molecule has 3 heterocycles. The SMILES string of the molecule is COCC(=O)N1CCC[C@H]1c1nc(C)cc(Nc2ccccn2)n1. The summed E-state index contributed by atoms with van der Waals surface area (Å²) < 4.78 is 4.97. The number of amides is 1. The number of nitrogens with zero attached hydrogens (tertiary/aromatic N) is 4. The van der Waals surface area contributed by atoms with Gasteiger partial charge in [-0.3, -0.25) is 4.79 Å². The molecule has 1 fully saturated rings. The lowest BCUT2D eigenvalue weighted by Gasteiger charge is -2.24. The monoisotopic (exact) mass is 327 g/mol. The molecule has 7 nitrogen and oxygen atoms in total. The lowest BCUT2D eigenvalue weighted by atomic mass is 10.2. The van der Waals surface area contributed by atoms with Crippen molar-refractivity contribution in [1.29, 1.82) is 0 Å². The van der Waals surface area contributed by atoms with Crippen molar-refractivity contribution in [3.63, 3.8) is 0 Å². The summed E-state index contributed by atoms with van der Waals surface area (Å²) in [6.07, 6.45) is 3.53. The van der Waals surface area contributed by atoms with E-state index in [0.717, 1.165) is 24.4 Å². The summed E-state index contributed by atoms with van der Waals surface area (Å²) in [5.41, 5.74) is 0.851. The molecular weight excluding hydrogens is 306 g/mol. The molecule has 0 unspecified atom stereocenters. The number of carbonyl (C=O) groups excluding carboxylic acids is 1. The maximum Gasteiger partial charge on any atom is 0.249 e. The molecule has 1 N–H and O–H groups in total. The van der Waals surface area contributed by atoms with E-state index in [1.165, 1.54) is 7.11 Å². The van der Waals surface area contributed by atoms with Gasteiger partial charge < -0.3 is 15.0 Å². The van der Waals surface area contributed by atoms with Crippen LogP contribution in [0.15, 0.2) is 30.5 Å². The van der Waals surface area contributed by atoms with Crippen LogP contribution in [-0.4, -0.2) is 46.0 Å². The van der Waals surface area contributed by atoms with Crippen molar-refractivity contribution in [1.82, 2.24) is 19.9 Å². The van der Waals surface area contributed by atoms with Crippen LogP contribution in [-0.2, 0) is 9.53 Å². The zero-order valence-corrected chi connectivity index (χ0v) is 13.9. The number of likely N-dealkylation sites (tertiary alicyclic amines) is 1. The number of hydrogen-bond donors (Lipinski definition) is 1. The molecule has 2 aromatic heterocycles. The number of anilines is 2. The zero-order chi connectivity index (χ0) is 16.9. The van der Waals surface area contributed by atoms with Crippen molar-refractivity contribution in [2.24, 2.45) is 0 Å². The van der Waals surface area contributed by atoms with Gasteiger partial charge in [0.25, 0.3) is 0 Å². The van der Waals surface area contributed by atoms with E-state index in [-0.39, 0.29) is 18.6 Å². The normalized spacial score (nSPS) is 17.1. The number of hydrogen-bond acceptors (Lipinski definition) is 6. The third-order valence-corrected chi connectivity index (χ3v) is 3.93. The van der Waals surface area contributed by atoms with E-state index < -0.39 is 0 Å². The summed E-state index contributed by atoms with van der Waals surface area (Å²) >= 11 is 0. The third-order valence-electron chi connectivity index (χ3n) is 3.93. The molecule has 0 aliphatic carbocycles. The summed E-state index contributed by atoms with van der Waals surface area (Å²) in [6, 6.07) is 7.42. The first-order chi connectivity index (χ1) is 11.7. The van der Waals surface area contributed by atoms with Gasteiger partial charge in [0.1, 0.15) is 18.2 Å². The first-order valence-electron chi connectivity index (χ1n) is 7.99. The summed E-state index contributed by atoms with van der Waals surface area (Å²) in [4.78, 5) is 27.4. The van der Waals surface area contributed by atoms with E-state index in [0.29, 0.717) is 18.2 Å². The largest absolute Gasteiger partial charge is 0.375 e. The van der Waals surface area contributed by atoms with Crippen LogP contribution < -0.4 is 5.32 Å². The van der Waals surface area contributed by atoms with Gasteiger partial charge in [-0.15, -0.1) is 0 Å². The van der Waals surface area contributed by atoms with Crippen molar-refractivity contribution in [3.05, 3.63) is 42.0 Å². The Labute approximate surface area is 141 Å². The van der Waals surface area contributed by atoms with E-state index in [1.807, 2.05) is 36.1 Å². The molecule has 0 saturated carbocycles. The highest BCUT2D eigenvalue weighted by Gasteiger charge is 2.32. The molecule has 1 amide bonds. The highest BCUT2D eigenvalue weighted by atomic mass is 16.5. The highest BCUT2D eigenvalue weighted by Crippen LogP contribution is 2.30. The van der Waals surface area contributed by atoms with E-state index in [2.05, 4.69) is 20.3 Å². The molecule has 126 valence electrons. The average molecular weight is 327 g/mol. The fourth-order valence-electron chi connectivity index (χ4n) is 2.91. The van der Waals surface area contributed by atoms with Crippen molar-refractivity contribution in [3.8, 4) is 0 Å². The van der Waals surface area contributed by atoms with E-state index >= 15 is 0 Å². The standard InChI is InChI=1S/C17H21N5O2/c1-12-10-15(20-14-7-3-4-8-18-14)21-17(19-12)13-6-5-9-22(13)16(23)11-24-2/h3-4,7-8,10,13H,5-6,9,11H2,1-2H3,(H,18,19,20,21)/t13-/m0/s1. The van der Waals surface area contributed by atoms with Gasteiger partial charge in [0.05, 0.1) is 6.04 Å². The van der Waals surface area contributed by atoms with Crippen LogP contribution in [0.2, 0.25) is 0 Å². The summed E-state index contributed by atoms with van der Waals surface area (Å²) in [7, 11) is 1.53. The second kappa shape index (κ2) is 7.35. The molecule has 2 aromatic rings. The Bertz CT molecular complexity index is 707. The summed E-state index contributed by atoms with van der Waals surface area (Å²) in [5, 5.41) is 3.19. The van der Waals surface area contributed by atoms with Gasteiger partial charge in [0, 0.05) is 31.6 Å². The molecule has 1 aliphatic heterocycles. The molecule has 0 spiro atoms. The van der Waals surface area contributed by atoms with E-state index in [1.54, 1.807) is 6.20 Å². The lowest BCUT2D eigenvalue weighted by molar-refractivity contribution is -0.136. The maximum atomic E-state index is 12.2. The van der Waals surface area contributed by atoms with Crippen LogP contribution in [0.4, 0.5) is 11.6 Å². The Hall–Kier alpha value is -2.54. The Morgan fingerprint density at radius 3 is 3.00 bits per heavy atom. The van der Waals surface area contributed by atoms with Gasteiger partial charge in [-0.25, -0.2) is 15.0 Å². The van der Waals surface area contributed by atoms with Gasteiger partial charge in [0.2, 0.25) is 5.91 Å².